The lowest BCUT2D eigenvalue weighted by Gasteiger charge is -2.37. The van der Waals surface area contributed by atoms with Gasteiger partial charge in [0.25, 0.3) is 5.79 Å². The van der Waals surface area contributed by atoms with Crippen molar-refractivity contribution in [3.63, 3.8) is 0 Å². The second-order valence-corrected chi connectivity index (χ2v) is 12.6. The highest BCUT2D eigenvalue weighted by Gasteiger charge is 2.43. The number of hydrogen-bond acceptors (Lipinski definition) is 9. The van der Waals surface area contributed by atoms with Crippen LogP contribution in [-0.2, 0) is 23.2 Å². The summed E-state index contributed by atoms with van der Waals surface area (Å²) < 4.78 is 72.5. The summed E-state index contributed by atoms with van der Waals surface area (Å²) >= 11 is 5.97. The van der Waals surface area contributed by atoms with Gasteiger partial charge in [-0.15, -0.1) is 5.10 Å². The van der Waals surface area contributed by atoms with E-state index in [4.69, 9.17) is 25.8 Å². The topological polar surface area (TPSA) is 102 Å². The Hall–Kier alpha value is -4.01. The van der Waals surface area contributed by atoms with Crippen molar-refractivity contribution in [1.82, 2.24) is 30.3 Å². The minimum atomic E-state index is -4.65. The van der Waals surface area contributed by atoms with Gasteiger partial charge in [0.05, 0.1) is 24.5 Å². The molecule has 7 rings (SSSR count). The summed E-state index contributed by atoms with van der Waals surface area (Å²) in [6.07, 6.45) is -2.99. The Bertz CT molecular complexity index is 1780. The number of nitrogens with one attached hydrogen (secondary N) is 1. The second kappa shape index (κ2) is 12.2. The average Bonchev–Trinajstić information content (AvgIpc) is 3.67. The number of para-hydroxylation sites is 1. The Morgan fingerprint density at radius 2 is 1.87 bits per heavy atom. The number of fused-ring (bicyclic) bond motifs is 1. The van der Waals surface area contributed by atoms with Crippen molar-refractivity contribution in [2.45, 2.75) is 57.2 Å². The molecule has 10 nitrogen and oxygen atoms in total. The van der Waals surface area contributed by atoms with Crippen molar-refractivity contribution in [3.8, 4) is 23.0 Å². The molecule has 0 aliphatic carbocycles. The van der Waals surface area contributed by atoms with Crippen LogP contribution >= 0.6 is 11.6 Å². The van der Waals surface area contributed by atoms with Crippen LogP contribution in [0.25, 0.3) is 11.5 Å². The summed E-state index contributed by atoms with van der Waals surface area (Å²) in [4.78, 5) is 8.04. The highest BCUT2D eigenvalue weighted by Crippen LogP contribution is 2.50. The normalized spacial score (nSPS) is 22.2. The first-order valence-electron chi connectivity index (χ1n) is 15.4. The molecule has 1 N–H and O–H groups in total. The number of benzene rings is 2. The molecular formula is C32H32ClF4N7O3. The Balaban J connectivity index is 1.08. The van der Waals surface area contributed by atoms with Crippen molar-refractivity contribution >= 4 is 17.3 Å². The number of aromatic nitrogens is 5. The van der Waals surface area contributed by atoms with Crippen LogP contribution in [0, 0.1) is 5.82 Å². The van der Waals surface area contributed by atoms with E-state index in [0.717, 1.165) is 37.2 Å². The molecule has 47 heavy (non-hydrogen) atoms. The summed E-state index contributed by atoms with van der Waals surface area (Å²) in [6.45, 7) is 7.37. The molecule has 3 aliphatic rings. The van der Waals surface area contributed by atoms with E-state index in [1.165, 1.54) is 6.07 Å². The van der Waals surface area contributed by atoms with E-state index in [0.29, 0.717) is 48.5 Å². The number of morpholine rings is 1. The summed E-state index contributed by atoms with van der Waals surface area (Å²) in [6, 6.07) is 11.9. The molecule has 5 heterocycles. The first kappa shape index (κ1) is 31.6. The fraction of sp³-hybridized carbons (Fsp3) is 0.438. The van der Waals surface area contributed by atoms with Crippen LogP contribution in [0.5, 0.6) is 11.5 Å². The van der Waals surface area contributed by atoms with Gasteiger partial charge in [0.2, 0.25) is 11.6 Å². The highest BCUT2D eigenvalue weighted by atomic mass is 35.5. The van der Waals surface area contributed by atoms with E-state index >= 15 is 0 Å². The Labute approximate surface area is 273 Å². The van der Waals surface area contributed by atoms with Crippen LogP contribution < -0.4 is 14.4 Å². The number of halogens is 5. The standard InChI is InChI=1S/C32H32ClF4N7O3/c1-18-17-45-13-12-44(18)26-15-24(29-38-30(42-41-29)32(35,36)37)39-40-25(26)16-43-10-8-19(9-11-43)21-4-3-5-27-28(21)47-31(2,46-27)22-7-6-20(33)14-23(22)34/h3-7,14-15,18-19H,8-13,16-17H2,1-2H3,(H,38,41,42)/t18-,31+/m1/s1. The molecule has 0 radical (unpaired) electrons. The Morgan fingerprint density at radius 3 is 2.60 bits per heavy atom. The lowest BCUT2D eigenvalue weighted by Crippen LogP contribution is -2.44. The quantitative estimate of drug-likeness (QED) is 0.236. The van der Waals surface area contributed by atoms with Crippen molar-refractivity contribution in [2.75, 3.05) is 37.7 Å². The van der Waals surface area contributed by atoms with Crippen molar-refractivity contribution in [1.29, 1.82) is 0 Å². The molecular weight excluding hydrogens is 642 g/mol. The Morgan fingerprint density at radius 1 is 1.06 bits per heavy atom. The zero-order valence-electron chi connectivity index (χ0n) is 25.7. The molecule has 2 aromatic heterocycles. The van der Waals surface area contributed by atoms with Gasteiger partial charge in [-0.3, -0.25) is 10.00 Å². The summed E-state index contributed by atoms with van der Waals surface area (Å²) in [5.41, 5.74) is 2.91. The van der Waals surface area contributed by atoms with Gasteiger partial charge in [0, 0.05) is 36.6 Å². The van der Waals surface area contributed by atoms with Crippen LogP contribution in [0.2, 0.25) is 5.02 Å². The predicted octanol–water partition coefficient (Wildman–Crippen LogP) is 6.32. The summed E-state index contributed by atoms with van der Waals surface area (Å²) in [5, 5.41) is 14.7. The number of piperidine rings is 1. The lowest BCUT2D eigenvalue weighted by atomic mass is 9.88. The maximum absolute atomic E-state index is 14.9. The highest BCUT2D eigenvalue weighted by molar-refractivity contribution is 6.30. The number of nitrogens with zero attached hydrogens (tertiary/aromatic N) is 6. The third-order valence-corrected chi connectivity index (χ3v) is 9.17. The molecule has 248 valence electrons. The van der Waals surface area contributed by atoms with E-state index in [9.17, 15) is 17.6 Å². The molecule has 0 unspecified atom stereocenters. The minimum absolute atomic E-state index is 0.0255. The van der Waals surface area contributed by atoms with Crippen LogP contribution in [0.15, 0.2) is 42.5 Å². The van der Waals surface area contributed by atoms with Gasteiger partial charge in [-0.1, -0.05) is 23.7 Å². The van der Waals surface area contributed by atoms with Crippen LogP contribution in [0.1, 0.15) is 55.3 Å². The number of likely N-dealkylation sites (tertiary alicyclic amines) is 1. The van der Waals surface area contributed by atoms with Crippen LogP contribution in [0.3, 0.4) is 0 Å². The largest absolute Gasteiger partial charge is 0.451 e. The predicted molar refractivity (Wildman–Crippen MR) is 164 cm³/mol. The average molecular weight is 674 g/mol. The van der Waals surface area contributed by atoms with Gasteiger partial charge in [0.15, 0.2) is 11.5 Å². The zero-order valence-corrected chi connectivity index (χ0v) is 26.4. The smallest absolute Gasteiger partial charge is 0.444 e. The number of hydrogen-bond donors (Lipinski definition) is 1. The molecule has 2 saturated heterocycles. The van der Waals surface area contributed by atoms with Gasteiger partial charge in [-0.25, -0.2) is 9.37 Å². The molecule has 0 bridgehead atoms. The molecule has 2 fully saturated rings. The molecule has 2 aromatic carbocycles. The fourth-order valence-corrected chi connectivity index (χ4v) is 6.68. The number of alkyl halides is 3. The number of ether oxygens (including phenoxy) is 3. The van der Waals surface area contributed by atoms with E-state index in [1.807, 2.05) is 30.2 Å². The zero-order chi connectivity index (χ0) is 32.9. The molecule has 3 aliphatic heterocycles. The lowest BCUT2D eigenvalue weighted by molar-refractivity contribution is -0.144. The van der Waals surface area contributed by atoms with Gasteiger partial charge in [0.1, 0.15) is 17.2 Å². The number of H-pyrrole nitrogens is 1. The SMILES string of the molecule is C[C@@H]1COCCN1c1cc(-c2n[nH]c(C(F)(F)F)n2)nnc1CN1CCC(c2cccc3c2O[C@@](C)(c2ccc(Cl)cc2F)O3)CC1. The third kappa shape index (κ3) is 6.21. The van der Waals surface area contributed by atoms with Crippen molar-refractivity contribution in [3.05, 3.63) is 75.9 Å². The monoisotopic (exact) mass is 673 g/mol. The van der Waals surface area contributed by atoms with E-state index in [2.05, 4.69) is 30.1 Å². The third-order valence-electron chi connectivity index (χ3n) is 8.94. The van der Waals surface area contributed by atoms with E-state index in [-0.39, 0.29) is 29.0 Å². The van der Waals surface area contributed by atoms with Gasteiger partial charge < -0.3 is 19.1 Å². The molecule has 2 atom stereocenters. The first-order valence-corrected chi connectivity index (χ1v) is 15.8. The number of aromatic amines is 1. The van der Waals surface area contributed by atoms with E-state index in [1.54, 1.807) is 25.1 Å². The second-order valence-electron chi connectivity index (χ2n) is 12.2. The van der Waals surface area contributed by atoms with Gasteiger partial charge >= 0.3 is 6.18 Å². The fourth-order valence-electron chi connectivity index (χ4n) is 6.52. The minimum Gasteiger partial charge on any atom is -0.444 e. The number of anilines is 1. The molecule has 15 heteroatoms. The molecule has 4 aromatic rings. The van der Waals surface area contributed by atoms with Crippen molar-refractivity contribution < 1.29 is 31.8 Å². The van der Waals surface area contributed by atoms with Crippen molar-refractivity contribution in [2.24, 2.45) is 0 Å². The summed E-state index contributed by atoms with van der Waals surface area (Å²) in [5.74, 6) is -1.82. The number of rotatable bonds is 6. The maximum Gasteiger partial charge on any atom is 0.451 e. The van der Waals surface area contributed by atoms with Crippen LogP contribution in [-0.4, -0.2) is 69.2 Å². The molecule has 0 amide bonds. The van der Waals surface area contributed by atoms with Gasteiger partial charge in [-0.2, -0.15) is 23.4 Å². The van der Waals surface area contributed by atoms with Crippen LogP contribution in [0.4, 0.5) is 23.2 Å². The first-order chi connectivity index (χ1) is 22.5. The Kier molecular flexibility index (Phi) is 8.21. The van der Waals surface area contributed by atoms with E-state index < -0.39 is 23.6 Å². The molecule has 0 saturated carbocycles. The maximum atomic E-state index is 14.9. The van der Waals surface area contributed by atoms with Gasteiger partial charge in [-0.05, 0) is 69.1 Å². The molecule has 0 spiro atoms. The summed E-state index contributed by atoms with van der Waals surface area (Å²) in [7, 11) is 0.